The lowest BCUT2D eigenvalue weighted by Gasteiger charge is -2.40. The molecular formula is C24H34N4O4S. The fourth-order valence-electron chi connectivity index (χ4n) is 4.83. The number of benzene rings is 1. The van der Waals surface area contributed by atoms with Crippen molar-refractivity contribution in [2.75, 3.05) is 52.4 Å². The van der Waals surface area contributed by atoms with Crippen LogP contribution in [0.1, 0.15) is 37.7 Å². The molecule has 3 heterocycles. The van der Waals surface area contributed by atoms with Gasteiger partial charge in [-0.1, -0.05) is 30.3 Å². The Morgan fingerprint density at radius 2 is 1.33 bits per heavy atom. The molecule has 3 aliphatic heterocycles. The molecule has 0 atom stereocenters. The van der Waals surface area contributed by atoms with Gasteiger partial charge in [0.25, 0.3) is 0 Å². The summed E-state index contributed by atoms with van der Waals surface area (Å²) in [5.74, 6) is -0.0594. The maximum Gasteiger partial charge on any atom is 0.320 e. The average molecular weight is 475 g/mol. The van der Waals surface area contributed by atoms with E-state index in [4.69, 9.17) is 0 Å². The number of piperazine rings is 1. The number of carbonyl (C=O) groups excluding carboxylic acids is 2. The molecule has 0 saturated carbocycles. The second-order valence-corrected chi connectivity index (χ2v) is 10.9. The third-order valence-electron chi connectivity index (χ3n) is 6.88. The van der Waals surface area contributed by atoms with E-state index in [-0.39, 0.29) is 17.9 Å². The van der Waals surface area contributed by atoms with E-state index in [2.05, 4.69) is 0 Å². The van der Waals surface area contributed by atoms with E-state index in [9.17, 15) is 18.0 Å². The van der Waals surface area contributed by atoms with Crippen molar-refractivity contribution in [1.29, 1.82) is 0 Å². The summed E-state index contributed by atoms with van der Waals surface area (Å²) in [6.07, 6.45) is 6.00. The Bertz CT molecular complexity index is 944. The van der Waals surface area contributed by atoms with E-state index in [1.807, 2.05) is 45.0 Å². The molecule has 0 aliphatic carbocycles. The lowest BCUT2D eigenvalue weighted by Crippen LogP contribution is -2.56. The van der Waals surface area contributed by atoms with Crippen molar-refractivity contribution < 1.29 is 18.0 Å². The summed E-state index contributed by atoms with van der Waals surface area (Å²) in [6.45, 7) is 4.61. The van der Waals surface area contributed by atoms with Crippen molar-refractivity contribution in [3.63, 3.8) is 0 Å². The number of piperidine rings is 2. The second kappa shape index (κ2) is 10.7. The Hall–Kier alpha value is -2.39. The minimum atomic E-state index is -3.50. The van der Waals surface area contributed by atoms with Crippen LogP contribution in [0.3, 0.4) is 0 Å². The van der Waals surface area contributed by atoms with E-state index in [0.717, 1.165) is 31.5 Å². The van der Waals surface area contributed by atoms with Crippen molar-refractivity contribution in [2.45, 2.75) is 32.1 Å². The predicted octanol–water partition coefficient (Wildman–Crippen LogP) is 2.45. The van der Waals surface area contributed by atoms with Gasteiger partial charge in [0.15, 0.2) is 0 Å². The highest BCUT2D eigenvalue weighted by Crippen LogP contribution is 2.23. The fourth-order valence-corrected chi connectivity index (χ4v) is 6.05. The van der Waals surface area contributed by atoms with E-state index in [1.165, 1.54) is 16.1 Å². The number of nitrogens with zero attached hydrogens (tertiary/aromatic N) is 4. The van der Waals surface area contributed by atoms with E-state index in [0.29, 0.717) is 52.1 Å². The smallest absolute Gasteiger partial charge is 0.320 e. The van der Waals surface area contributed by atoms with Gasteiger partial charge in [-0.25, -0.2) is 13.2 Å². The minimum Gasteiger partial charge on any atom is -0.339 e. The van der Waals surface area contributed by atoms with Crippen LogP contribution >= 0.6 is 0 Å². The summed E-state index contributed by atoms with van der Waals surface area (Å²) >= 11 is 0. The first-order valence-corrected chi connectivity index (χ1v) is 13.5. The summed E-state index contributed by atoms with van der Waals surface area (Å²) in [4.78, 5) is 31.4. The second-order valence-electron chi connectivity index (χ2n) is 9.07. The number of urea groups is 1. The number of hydrogen-bond donors (Lipinski definition) is 0. The number of likely N-dealkylation sites (tertiary alicyclic amines) is 1. The molecule has 33 heavy (non-hydrogen) atoms. The monoisotopic (exact) mass is 474 g/mol. The van der Waals surface area contributed by atoms with Gasteiger partial charge in [-0.2, -0.15) is 4.31 Å². The van der Waals surface area contributed by atoms with Crippen molar-refractivity contribution in [2.24, 2.45) is 5.92 Å². The predicted molar refractivity (Wildman–Crippen MR) is 128 cm³/mol. The first-order valence-electron chi connectivity index (χ1n) is 12.0. The first-order chi connectivity index (χ1) is 15.9. The Kier molecular flexibility index (Phi) is 7.70. The van der Waals surface area contributed by atoms with Crippen LogP contribution in [0.4, 0.5) is 4.79 Å². The third kappa shape index (κ3) is 5.95. The van der Waals surface area contributed by atoms with Gasteiger partial charge >= 0.3 is 6.03 Å². The molecular weight excluding hydrogens is 440 g/mol. The molecule has 9 heteroatoms. The van der Waals surface area contributed by atoms with E-state index in [1.54, 1.807) is 6.08 Å². The third-order valence-corrected chi connectivity index (χ3v) is 8.45. The number of carbonyl (C=O) groups is 2. The summed E-state index contributed by atoms with van der Waals surface area (Å²) in [5.41, 5.74) is 0.837. The summed E-state index contributed by atoms with van der Waals surface area (Å²) in [7, 11) is -3.50. The van der Waals surface area contributed by atoms with Crippen LogP contribution in [-0.2, 0) is 14.8 Å². The summed E-state index contributed by atoms with van der Waals surface area (Å²) < 4.78 is 26.8. The van der Waals surface area contributed by atoms with Crippen molar-refractivity contribution in [1.82, 2.24) is 19.0 Å². The molecule has 180 valence electrons. The molecule has 3 amide bonds. The van der Waals surface area contributed by atoms with Crippen molar-refractivity contribution in [3.8, 4) is 0 Å². The highest BCUT2D eigenvalue weighted by molar-refractivity contribution is 7.92. The highest BCUT2D eigenvalue weighted by Gasteiger charge is 2.34. The van der Waals surface area contributed by atoms with Crippen molar-refractivity contribution in [3.05, 3.63) is 41.3 Å². The molecule has 1 aromatic rings. The van der Waals surface area contributed by atoms with E-state index >= 15 is 0 Å². The van der Waals surface area contributed by atoms with Gasteiger partial charge in [0, 0.05) is 63.7 Å². The number of sulfonamides is 1. The van der Waals surface area contributed by atoms with Gasteiger partial charge in [-0.15, -0.1) is 0 Å². The molecule has 3 saturated heterocycles. The molecule has 0 spiro atoms. The van der Waals surface area contributed by atoms with Gasteiger partial charge in [-0.3, -0.25) is 4.79 Å². The molecule has 1 aromatic carbocycles. The molecule has 0 N–H and O–H groups in total. The normalized spacial score (nSPS) is 21.5. The number of hydrogen-bond acceptors (Lipinski definition) is 4. The number of rotatable bonds is 4. The van der Waals surface area contributed by atoms with Gasteiger partial charge in [0.2, 0.25) is 15.9 Å². The molecule has 4 rings (SSSR count). The summed E-state index contributed by atoms with van der Waals surface area (Å²) in [5, 5.41) is 1.25. The van der Waals surface area contributed by atoms with Crippen LogP contribution in [0.25, 0.3) is 6.08 Å². The highest BCUT2D eigenvalue weighted by atomic mass is 32.2. The zero-order valence-corrected chi connectivity index (χ0v) is 20.0. The van der Waals surface area contributed by atoms with Gasteiger partial charge in [-0.05, 0) is 43.7 Å². The quantitative estimate of drug-likeness (QED) is 0.671. The Labute approximate surface area is 196 Å². The van der Waals surface area contributed by atoms with Crippen molar-refractivity contribution >= 4 is 28.0 Å². The zero-order chi connectivity index (χ0) is 23.3. The fraction of sp³-hybridized carbons (Fsp3) is 0.583. The molecule has 0 aromatic heterocycles. The topological polar surface area (TPSA) is 81.2 Å². The Morgan fingerprint density at radius 1 is 0.758 bits per heavy atom. The van der Waals surface area contributed by atoms with Gasteiger partial charge in [0.1, 0.15) is 0 Å². The molecule has 0 unspecified atom stereocenters. The van der Waals surface area contributed by atoms with Crippen LogP contribution in [0.15, 0.2) is 35.7 Å². The van der Waals surface area contributed by atoms with Crippen LogP contribution in [0.5, 0.6) is 0 Å². The van der Waals surface area contributed by atoms with Crippen LogP contribution in [-0.4, -0.2) is 91.7 Å². The van der Waals surface area contributed by atoms with Crippen LogP contribution < -0.4 is 0 Å². The number of amides is 3. The Balaban J connectivity index is 1.24. The van der Waals surface area contributed by atoms with E-state index < -0.39 is 10.0 Å². The molecule has 0 bridgehead atoms. The molecule has 3 fully saturated rings. The van der Waals surface area contributed by atoms with Gasteiger partial charge in [0.05, 0.1) is 0 Å². The van der Waals surface area contributed by atoms with Gasteiger partial charge < -0.3 is 14.7 Å². The summed E-state index contributed by atoms with van der Waals surface area (Å²) in [6, 6.07) is 9.44. The molecule has 3 aliphatic rings. The van der Waals surface area contributed by atoms with Crippen LogP contribution in [0.2, 0.25) is 0 Å². The lowest BCUT2D eigenvalue weighted by atomic mass is 9.96. The SMILES string of the molecule is O=C(C1CCN(S(=O)(=O)/C=C/c2ccccc2)CC1)N1CCN(C(=O)N2CCCCC2)CC1. The Morgan fingerprint density at radius 3 is 1.97 bits per heavy atom. The maximum absolute atomic E-state index is 13.0. The lowest BCUT2D eigenvalue weighted by molar-refractivity contribution is -0.138. The first kappa shape index (κ1) is 23.8. The molecule has 8 nitrogen and oxygen atoms in total. The average Bonchev–Trinajstić information content (AvgIpc) is 2.88. The largest absolute Gasteiger partial charge is 0.339 e. The maximum atomic E-state index is 13.0. The standard InChI is InChI=1S/C24H34N4O4S/c29-23(25-16-18-27(19-17-25)24(30)26-12-5-2-6-13-26)22-9-14-28(15-10-22)33(31,32)20-11-21-7-3-1-4-8-21/h1,3-4,7-8,11,20,22H,2,5-6,9-10,12-19H2/b20-11+. The molecule has 0 radical (unpaired) electrons. The zero-order valence-electron chi connectivity index (χ0n) is 19.1. The van der Waals surface area contributed by atoms with Crippen LogP contribution in [0, 0.1) is 5.92 Å². The minimum absolute atomic E-state index is 0.0944.